The highest BCUT2D eigenvalue weighted by Crippen LogP contribution is 2.30. The first-order valence-corrected chi connectivity index (χ1v) is 6.50. The van der Waals surface area contributed by atoms with Gasteiger partial charge in [0, 0.05) is 17.6 Å². The molecular weight excluding hydrogens is 210 g/mol. The third-order valence-electron chi connectivity index (χ3n) is 2.95. The Morgan fingerprint density at radius 3 is 2.59 bits per heavy atom. The van der Waals surface area contributed by atoms with Crippen molar-refractivity contribution in [3.05, 3.63) is 29.8 Å². The Kier molecular flexibility index (Phi) is 3.72. The summed E-state index contributed by atoms with van der Waals surface area (Å²) < 4.78 is 5.89. The van der Waals surface area contributed by atoms with Crippen LogP contribution in [0.4, 0.5) is 0 Å². The van der Waals surface area contributed by atoms with E-state index < -0.39 is 0 Å². The second-order valence-corrected chi connectivity index (χ2v) is 5.97. The Balaban J connectivity index is 1.94. The second-order valence-electron chi connectivity index (χ2n) is 5.97. The summed E-state index contributed by atoms with van der Waals surface area (Å²) in [4.78, 5) is 0. The van der Waals surface area contributed by atoms with Crippen molar-refractivity contribution in [3.8, 4) is 5.75 Å². The molecule has 2 heteroatoms. The number of ether oxygens (including phenoxy) is 1. The molecule has 1 aromatic rings. The van der Waals surface area contributed by atoms with E-state index in [1.54, 1.807) is 0 Å². The molecule has 17 heavy (non-hydrogen) atoms. The van der Waals surface area contributed by atoms with E-state index in [4.69, 9.17) is 4.74 Å². The highest BCUT2D eigenvalue weighted by atomic mass is 16.5. The smallest absolute Gasteiger partial charge is 0.123 e. The molecule has 0 spiro atoms. The first-order chi connectivity index (χ1) is 8.04. The van der Waals surface area contributed by atoms with Gasteiger partial charge in [-0.25, -0.2) is 0 Å². The van der Waals surface area contributed by atoms with Gasteiger partial charge in [0.15, 0.2) is 0 Å². The molecule has 0 unspecified atom stereocenters. The topological polar surface area (TPSA) is 21.3 Å². The van der Waals surface area contributed by atoms with Crippen LogP contribution in [-0.4, -0.2) is 12.1 Å². The van der Waals surface area contributed by atoms with Crippen LogP contribution < -0.4 is 10.1 Å². The number of para-hydroxylation sites is 1. The van der Waals surface area contributed by atoms with Gasteiger partial charge in [0.1, 0.15) is 5.75 Å². The molecule has 0 radical (unpaired) electrons. The predicted octanol–water partition coefficient (Wildman–Crippen LogP) is 3.36. The number of nitrogens with one attached hydrogen (secondary N) is 1. The zero-order valence-corrected chi connectivity index (χ0v) is 11.1. The second kappa shape index (κ2) is 5.09. The lowest BCUT2D eigenvalue weighted by molar-refractivity contribution is 0.294. The van der Waals surface area contributed by atoms with E-state index in [1.807, 2.05) is 6.07 Å². The van der Waals surface area contributed by atoms with Crippen LogP contribution in [-0.2, 0) is 6.54 Å². The Hall–Kier alpha value is -1.02. The van der Waals surface area contributed by atoms with E-state index >= 15 is 0 Å². The van der Waals surface area contributed by atoms with E-state index in [2.05, 4.69) is 44.3 Å². The van der Waals surface area contributed by atoms with Gasteiger partial charge < -0.3 is 10.1 Å². The van der Waals surface area contributed by atoms with E-state index in [-0.39, 0.29) is 5.54 Å². The van der Waals surface area contributed by atoms with Crippen molar-refractivity contribution >= 4 is 0 Å². The molecule has 2 nitrogen and oxygen atoms in total. The minimum atomic E-state index is 0.142. The lowest BCUT2D eigenvalue weighted by atomic mass is 10.1. The monoisotopic (exact) mass is 233 g/mol. The molecule has 1 fully saturated rings. The fourth-order valence-electron chi connectivity index (χ4n) is 1.64. The van der Waals surface area contributed by atoms with Crippen molar-refractivity contribution in [3.63, 3.8) is 0 Å². The van der Waals surface area contributed by atoms with Gasteiger partial charge in [0.2, 0.25) is 0 Å². The van der Waals surface area contributed by atoms with Crippen molar-refractivity contribution in [2.45, 2.75) is 45.7 Å². The fraction of sp³-hybridized carbons (Fsp3) is 0.600. The molecule has 2 rings (SSSR count). The minimum Gasteiger partial charge on any atom is -0.493 e. The van der Waals surface area contributed by atoms with Crippen LogP contribution in [0.3, 0.4) is 0 Å². The zero-order chi connectivity index (χ0) is 12.3. The lowest BCUT2D eigenvalue weighted by Gasteiger charge is -2.21. The average molecular weight is 233 g/mol. The molecule has 0 saturated heterocycles. The first-order valence-electron chi connectivity index (χ1n) is 6.50. The summed E-state index contributed by atoms with van der Waals surface area (Å²) in [5, 5.41) is 3.50. The van der Waals surface area contributed by atoms with Crippen molar-refractivity contribution in [1.82, 2.24) is 5.32 Å². The third-order valence-corrected chi connectivity index (χ3v) is 2.95. The molecule has 0 aromatic heterocycles. The largest absolute Gasteiger partial charge is 0.493 e. The quantitative estimate of drug-likeness (QED) is 0.842. The summed E-state index contributed by atoms with van der Waals surface area (Å²) in [6, 6.07) is 8.33. The van der Waals surface area contributed by atoms with Gasteiger partial charge in [0.25, 0.3) is 0 Å². The van der Waals surface area contributed by atoms with Gasteiger partial charge in [-0.3, -0.25) is 0 Å². The van der Waals surface area contributed by atoms with Crippen molar-refractivity contribution < 1.29 is 4.74 Å². The molecule has 0 bridgehead atoms. The molecule has 0 heterocycles. The van der Waals surface area contributed by atoms with E-state index in [0.29, 0.717) is 0 Å². The van der Waals surface area contributed by atoms with Crippen LogP contribution >= 0.6 is 0 Å². The van der Waals surface area contributed by atoms with Crippen LogP contribution in [0.2, 0.25) is 0 Å². The van der Waals surface area contributed by atoms with Gasteiger partial charge in [-0.1, -0.05) is 18.2 Å². The predicted molar refractivity (Wildman–Crippen MR) is 71.3 cm³/mol. The number of hydrogen-bond acceptors (Lipinski definition) is 2. The molecule has 1 aliphatic carbocycles. The van der Waals surface area contributed by atoms with Crippen molar-refractivity contribution in [1.29, 1.82) is 0 Å². The Morgan fingerprint density at radius 1 is 1.24 bits per heavy atom. The summed E-state index contributed by atoms with van der Waals surface area (Å²) in [7, 11) is 0. The highest BCUT2D eigenvalue weighted by molar-refractivity contribution is 5.33. The molecule has 1 saturated carbocycles. The highest BCUT2D eigenvalue weighted by Gasteiger charge is 2.22. The summed E-state index contributed by atoms with van der Waals surface area (Å²) in [5.41, 5.74) is 1.40. The Labute approximate surface area is 104 Å². The first kappa shape index (κ1) is 12.4. The van der Waals surface area contributed by atoms with Gasteiger partial charge in [-0.2, -0.15) is 0 Å². The molecule has 1 N–H and O–H groups in total. The van der Waals surface area contributed by atoms with Gasteiger partial charge >= 0.3 is 0 Å². The van der Waals surface area contributed by atoms with Gasteiger partial charge in [0.05, 0.1) is 6.61 Å². The van der Waals surface area contributed by atoms with E-state index in [1.165, 1.54) is 18.4 Å². The standard InChI is InChI=1S/C15H23NO/c1-15(2,3)16-10-13-6-4-5-7-14(13)17-11-12-8-9-12/h4-7,12,16H,8-11H2,1-3H3. The number of benzene rings is 1. The SMILES string of the molecule is CC(C)(C)NCc1ccccc1OCC1CC1. The minimum absolute atomic E-state index is 0.142. The molecule has 1 aliphatic rings. The summed E-state index contributed by atoms with van der Waals surface area (Å²) in [6.07, 6.45) is 2.67. The van der Waals surface area contributed by atoms with E-state index in [0.717, 1.165) is 24.8 Å². The molecule has 0 aliphatic heterocycles. The number of rotatable bonds is 5. The third kappa shape index (κ3) is 4.39. The average Bonchev–Trinajstić information content (AvgIpc) is 3.07. The molecule has 94 valence electrons. The molecule has 0 amide bonds. The summed E-state index contributed by atoms with van der Waals surface area (Å²) in [5.74, 6) is 1.84. The maximum Gasteiger partial charge on any atom is 0.123 e. The normalized spacial score (nSPS) is 15.9. The Bertz CT molecular complexity index is 363. The van der Waals surface area contributed by atoms with Gasteiger partial charge in [-0.15, -0.1) is 0 Å². The summed E-state index contributed by atoms with van der Waals surface area (Å²) in [6.45, 7) is 8.29. The van der Waals surface area contributed by atoms with Crippen LogP contribution in [0.1, 0.15) is 39.2 Å². The maximum atomic E-state index is 5.89. The zero-order valence-electron chi connectivity index (χ0n) is 11.1. The maximum absolute atomic E-state index is 5.89. The molecular formula is C15H23NO. The van der Waals surface area contributed by atoms with Crippen LogP contribution in [0.15, 0.2) is 24.3 Å². The van der Waals surface area contributed by atoms with Crippen LogP contribution in [0, 0.1) is 5.92 Å². The number of hydrogen-bond donors (Lipinski definition) is 1. The fourth-order valence-corrected chi connectivity index (χ4v) is 1.64. The van der Waals surface area contributed by atoms with Crippen molar-refractivity contribution in [2.75, 3.05) is 6.61 Å². The van der Waals surface area contributed by atoms with Gasteiger partial charge in [-0.05, 0) is 45.6 Å². The molecule has 1 aromatic carbocycles. The van der Waals surface area contributed by atoms with Crippen molar-refractivity contribution in [2.24, 2.45) is 5.92 Å². The molecule has 0 atom stereocenters. The summed E-state index contributed by atoms with van der Waals surface area (Å²) >= 11 is 0. The van der Waals surface area contributed by atoms with Crippen LogP contribution in [0.25, 0.3) is 0 Å². The lowest BCUT2D eigenvalue weighted by Crippen LogP contribution is -2.35. The van der Waals surface area contributed by atoms with Crippen LogP contribution in [0.5, 0.6) is 5.75 Å². The Morgan fingerprint density at radius 2 is 1.94 bits per heavy atom. The van der Waals surface area contributed by atoms with E-state index in [9.17, 15) is 0 Å².